The van der Waals surface area contributed by atoms with Crippen molar-refractivity contribution in [3.8, 4) is 0 Å². The van der Waals surface area contributed by atoms with Gasteiger partial charge >= 0.3 is 7.74 Å². The van der Waals surface area contributed by atoms with E-state index in [1.165, 1.54) is 0 Å². The van der Waals surface area contributed by atoms with Gasteiger partial charge in [-0.25, -0.2) is 0 Å². The first-order valence-electron chi connectivity index (χ1n) is 7.05. The lowest BCUT2D eigenvalue weighted by molar-refractivity contribution is 0.0837. The highest BCUT2D eigenvalue weighted by Gasteiger charge is 2.28. The molecule has 5 heteroatoms. The van der Waals surface area contributed by atoms with Crippen LogP contribution < -0.4 is 0 Å². The molecule has 0 bridgehead atoms. The second-order valence-electron chi connectivity index (χ2n) is 5.37. The van der Waals surface area contributed by atoms with Crippen molar-refractivity contribution in [2.75, 3.05) is 0 Å². The summed E-state index contributed by atoms with van der Waals surface area (Å²) < 4.78 is 22.5. The van der Waals surface area contributed by atoms with Gasteiger partial charge in [0.15, 0.2) is 0 Å². The molecule has 0 saturated carbocycles. The highest BCUT2D eigenvalue weighted by atomic mass is 31.2. The van der Waals surface area contributed by atoms with E-state index in [9.17, 15) is 0 Å². The zero-order valence-corrected chi connectivity index (χ0v) is 14.1. The van der Waals surface area contributed by atoms with Crippen LogP contribution in [0.1, 0.15) is 41.5 Å². The Morgan fingerprint density at radius 1 is 0.750 bits per heavy atom. The highest BCUT2D eigenvalue weighted by Crippen LogP contribution is 2.58. The second kappa shape index (κ2) is 7.94. The number of hydrogen-bond acceptors (Lipinski definition) is 4. The predicted molar refractivity (Wildman–Crippen MR) is 84.1 cm³/mol. The minimum atomic E-state index is -2.76. The van der Waals surface area contributed by atoms with Gasteiger partial charge in [-0.3, -0.25) is 13.6 Å². The maximum atomic E-state index is 5.96. The Labute approximate surface area is 122 Å². The molecule has 1 aromatic rings. The molecule has 0 amide bonds. The van der Waals surface area contributed by atoms with Gasteiger partial charge in [-0.1, -0.05) is 18.2 Å². The number of benzene rings is 1. The number of hydrogen-bond donors (Lipinski definition) is 0. The van der Waals surface area contributed by atoms with Gasteiger partial charge in [0, 0.05) is 0 Å². The summed E-state index contributed by atoms with van der Waals surface area (Å²) in [6.45, 7) is 11.8. The van der Waals surface area contributed by atoms with Gasteiger partial charge in [0.2, 0.25) is 0 Å². The summed E-state index contributed by atoms with van der Waals surface area (Å²) in [5.74, 6) is 0. The number of rotatable bonds is 7. The Balaban J connectivity index is 3.23. The van der Waals surface area contributed by atoms with Crippen LogP contribution in [0.15, 0.2) is 35.1 Å². The molecule has 0 aliphatic rings. The predicted octanol–water partition coefficient (Wildman–Crippen LogP) is 5.54. The van der Waals surface area contributed by atoms with Crippen molar-refractivity contribution in [3.05, 3.63) is 30.3 Å². The van der Waals surface area contributed by atoms with Gasteiger partial charge in [0.05, 0.1) is 24.0 Å². The normalized spacial score (nSPS) is 12.4. The van der Waals surface area contributed by atoms with E-state index < -0.39 is 7.74 Å². The summed E-state index contributed by atoms with van der Waals surface area (Å²) in [6, 6.07) is 9.67. The van der Waals surface area contributed by atoms with Crippen LogP contribution >= 0.6 is 7.74 Å². The van der Waals surface area contributed by atoms with Crippen LogP contribution in [0.2, 0.25) is 0 Å². The largest absolute Gasteiger partial charge is 0.361 e. The van der Waals surface area contributed by atoms with E-state index in [1.807, 2.05) is 71.9 Å². The maximum Gasteiger partial charge on any atom is 0.361 e. The maximum absolute atomic E-state index is 5.96. The molecule has 0 aliphatic carbocycles. The van der Waals surface area contributed by atoms with Crippen molar-refractivity contribution in [1.29, 1.82) is 0 Å². The molecular weight excluding hydrogens is 273 g/mol. The van der Waals surface area contributed by atoms with Gasteiger partial charge in [0.25, 0.3) is 0 Å². The molecule has 0 heterocycles. The Morgan fingerprint density at radius 2 is 1.15 bits per heavy atom. The van der Waals surface area contributed by atoms with Gasteiger partial charge in [-0.2, -0.15) is 4.74 Å². The third kappa shape index (κ3) is 6.19. The molecule has 0 radical (unpaired) electrons. The van der Waals surface area contributed by atoms with Crippen LogP contribution in [0.25, 0.3) is 0 Å². The Morgan fingerprint density at radius 3 is 1.50 bits per heavy atom. The average Bonchev–Trinajstić information content (AvgIpc) is 2.26. The molecule has 0 atom stereocenters. The first kappa shape index (κ1) is 17.4. The fourth-order valence-corrected chi connectivity index (χ4v) is 3.89. The molecule has 20 heavy (non-hydrogen) atoms. The molecule has 0 aromatic heterocycles. The molecule has 0 unspecified atom stereocenters. The van der Waals surface area contributed by atoms with Crippen LogP contribution in [0.4, 0.5) is 5.69 Å². The van der Waals surface area contributed by atoms with Crippen molar-refractivity contribution < 1.29 is 13.6 Å². The Bertz CT molecular complexity index is 410. The standard InChI is InChI=1S/C15H26NO3P/c1-12(2)17-20(18-13(3)4,19-14(5)6)16-15-10-8-7-9-11-15/h7-14H,1-6H3. The Kier molecular flexibility index (Phi) is 6.90. The van der Waals surface area contributed by atoms with Crippen molar-refractivity contribution in [2.24, 2.45) is 4.74 Å². The second-order valence-corrected chi connectivity index (χ2v) is 7.14. The lowest BCUT2D eigenvalue weighted by atomic mass is 10.3. The van der Waals surface area contributed by atoms with Crippen molar-refractivity contribution in [1.82, 2.24) is 0 Å². The lowest BCUT2D eigenvalue weighted by Gasteiger charge is -2.28. The van der Waals surface area contributed by atoms with Crippen LogP contribution in [0.5, 0.6) is 0 Å². The quantitative estimate of drug-likeness (QED) is 0.621. The van der Waals surface area contributed by atoms with Crippen molar-refractivity contribution in [3.63, 3.8) is 0 Å². The zero-order chi connectivity index (χ0) is 15.2. The lowest BCUT2D eigenvalue weighted by Crippen LogP contribution is -2.13. The minimum Gasteiger partial charge on any atom is -0.300 e. The highest BCUT2D eigenvalue weighted by molar-refractivity contribution is 7.51. The molecule has 0 saturated heterocycles. The van der Waals surface area contributed by atoms with Gasteiger partial charge in [0.1, 0.15) is 0 Å². The van der Waals surface area contributed by atoms with Crippen LogP contribution in [0.3, 0.4) is 0 Å². The molecule has 0 N–H and O–H groups in total. The fourth-order valence-electron chi connectivity index (χ4n) is 1.58. The third-order valence-electron chi connectivity index (χ3n) is 2.03. The summed E-state index contributed by atoms with van der Waals surface area (Å²) in [5.41, 5.74) is 0.808. The summed E-state index contributed by atoms with van der Waals surface area (Å²) in [6.07, 6.45) is -0.0603. The summed E-state index contributed by atoms with van der Waals surface area (Å²) >= 11 is 0. The zero-order valence-electron chi connectivity index (χ0n) is 13.2. The molecule has 1 aromatic carbocycles. The first-order valence-corrected chi connectivity index (χ1v) is 8.55. The molecule has 0 fully saturated rings. The summed E-state index contributed by atoms with van der Waals surface area (Å²) in [7, 11) is -2.76. The van der Waals surface area contributed by atoms with Gasteiger partial charge in [-0.15, -0.1) is 0 Å². The van der Waals surface area contributed by atoms with E-state index in [0.717, 1.165) is 5.69 Å². The minimum absolute atomic E-state index is 0.0201. The van der Waals surface area contributed by atoms with Gasteiger partial charge in [-0.05, 0) is 53.7 Å². The van der Waals surface area contributed by atoms with Gasteiger partial charge < -0.3 is 0 Å². The molecule has 4 nitrogen and oxygen atoms in total. The molecule has 0 spiro atoms. The van der Waals surface area contributed by atoms with E-state index in [2.05, 4.69) is 4.74 Å². The van der Waals surface area contributed by atoms with Crippen LogP contribution in [-0.2, 0) is 13.6 Å². The molecule has 1 rings (SSSR count). The monoisotopic (exact) mass is 299 g/mol. The van der Waals surface area contributed by atoms with Crippen LogP contribution in [0, 0.1) is 0 Å². The van der Waals surface area contributed by atoms with E-state index in [-0.39, 0.29) is 18.3 Å². The van der Waals surface area contributed by atoms with Crippen LogP contribution in [-0.4, -0.2) is 18.3 Å². The fraction of sp³-hybridized carbons (Fsp3) is 0.600. The van der Waals surface area contributed by atoms with E-state index >= 15 is 0 Å². The topological polar surface area (TPSA) is 40.0 Å². The summed E-state index contributed by atoms with van der Waals surface area (Å²) in [4.78, 5) is 0. The Hall–Kier alpha value is -0.670. The van der Waals surface area contributed by atoms with E-state index in [1.54, 1.807) is 0 Å². The van der Waals surface area contributed by atoms with Crippen molar-refractivity contribution in [2.45, 2.75) is 59.9 Å². The summed E-state index contributed by atoms with van der Waals surface area (Å²) in [5, 5.41) is 0. The van der Waals surface area contributed by atoms with E-state index in [0.29, 0.717) is 0 Å². The molecule has 114 valence electrons. The smallest absolute Gasteiger partial charge is 0.300 e. The average molecular weight is 299 g/mol. The van der Waals surface area contributed by atoms with E-state index in [4.69, 9.17) is 13.6 Å². The third-order valence-corrected chi connectivity index (χ3v) is 4.57. The first-order chi connectivity index (χ1) is 9.33. The SMILES string of the molecule is CC(C)OP(=Nc1ccccc1)(OC(C)C)OC(C)C. The van der Waals surface area contributed by atoms with Crippen molar-refractivity contribution >= 4 is 13.4 Å². The molecular formula is C15H26NO3P. The number of nitrogens with zero attached hydrogens (tertiary/aromatic N) is 1. The molecule has 0 aliphatic heterocycles.